The van der Waals surface area contributed by atoms with Crippen LogP contribution in [-0.4, -0.2) is 36.6 Å². The minimum absolute atomic E-state index is 0.440. The van der Waals surface area contributed by atoms with Crippen molar-refractivity contribution in [2.45, 2.75) is 37.8 Å². The second-order valence-corrected chi connectivity index (χ2v) is 3.76. The van der Waals surface area contributed by atoms with Crippen molar-refractivity contribution in [1.82, 2.24) is 4.90 Å². The van der Waals surface area contributed by atoms with Crippen LogP contribution in [0.15, 0.2) is 0 Å². The Kier molecular flexibility index (Phi) is 2.15. The molecular weight excluding hydrogens is 154 g/mol. The van der Waals surface area contributed by atoms with Crippen LogP contribution in [0.25, 0.3) is 0 Å². The molecule has 3 heteroatoms. The number of rotatable bonds is 2. The Morgan fingerprint density at radius 3 is 2.50 bits per heavy atom. The van der Waals surface area contributed by atoms with Gasteiger partial charge >= 0.3 is 0 Å². The molecule has 0 saturated carbocycles. The van der Waals surface area contributed by atoms with E-state index in [2.05, 4.69) is 4.90 Å². The first-order valence-electron chi connectivity index (χ1n) is 4.57. The average molecular weight is 169 g/mol. The van der Waals surface area contributed by atoms with Gasteiger partial charge in [0.2, 0.25) is 0 Å². The van der Waals surface area contributed by atoms with Crippen molar-refractivity contribution >= 4 is 5.78 Å². The molecule has 0 spiro atoms. The summed E-state index contributed by atoms with van der Waals surface area (Å²) in [6.45, 7) is 0.697. The third kappa shape index (κ3) is 1.27. The van der Waals surface area contributed by atoms with Crippen molar-refractivity contribution in [3.63, 3.8) is 0 Å². The number of Topliss-reactive ketones (excluding diaryl/α,β-unsaturated/α-hetero) is 1. The number of ether oxygens (including phenoxy) is 1. The van der Waals surface area contributed by atoms with Crippen LogP contribution in [0.3, 0.4) is 0 Å². The summed E-state index contributed by atoms with van der Waals surface area (Å²) in [5, 5.41) is 0. The van der Waals surface area contributed by atoms with Gasteiger partial charge in [-0.25, -0.2) is 0 Å². The molecule has 0 aliphatic carbocycles. The van der Waals surface area contributed by atoms with Crippen LogP contribution in [-0.2, 0) is 9.53 Å². The Balaban J connectivity index is 2.04. The molecular formula is C9H15NO2. The van der Waals surface area contributed by atoms with E-state index in [4.69, 9.17) is 4.74 Å². The predicted molar refractivity (Wildman–Crippen MR) is 44.8 cm³/mol. The molecule has 68 valence electrons. The molecule has 0 aromatic carbocycles. The van der Waals surface area contributed by atoms with Gasteiger partial charge in [-0.1, -0.05) is 0 Å². The summed E-state index contributed by atoms with van der Waals surface area (Å²) in [6.07, 6.45) is 3.86. The average Bonchev–Trinajstić information content (AvgIpc) is 2.32. The number of carbonyl (C=O) groups is 1. The van der Waals surface area contributed by atoms with E-state index in [0.29, 0.717) is 24.6 Å². The van der Waals surface area contributed by atoms with Crippen LogP contribution in [0.5, 0.6) is 0 Å². The standard InChI is InChI=1S/C9H15NO2/c1-12-6-10-7-2-3-8(10)5-9(11)4-7/h7-8H,2-6H2,1H3. The molecule has 12 heavy (non-hydrogen) atoms. The fourth-order valence-corrected chi connectivity index (χ4v) is 2.42. The largest absolute Gasteiger partial charge is 0.369 e. The molecule has 2 aliphatic rings. The van der Waals surface area contributed by atoms with Crippen LogP contribution in [0.2, 0.25) is 0 Å². The highest BCUT2D eigenvalue weighted by Gasteiger charge is 2.39. The first-order valence-corrected chi connectivity index (χ1v) is 4.57. The van der Waals surface area contributed by atoms with Crippen LogP contribution in [0, 0.1) is 0 Å². The second-order valence-electron chi connectivity index (χ2n) is 3.76. The molecule has 0 N–H and O–H groups in total. The molecule has 2 bridgehead atoms. The summed E-state index contributed by atoms with van der Waals surface area (Å²) >= 11 is 0. The van der Waals surface area contributed by atoms with Gasteiger partial charge in [-0.3, -0.25) is 9.69 Å². The monoisotopic (exact) mass is 169 g/mol. The van der Waals surface area contributed by atoms with Gasteiger partial charge in [-0.15, -0.1) is 0 Å². The molecule has 2 aliphatic heterocycles. The van der Waals surface area contributed by atoms with Gasteiger partial charge in [0.25, 0.3) is 0 Å². The first kappa shape index (κ1) is 8.20. The van der Waals surface area contributed by atoms with Gasteiger partial charge in [-0.2, -0.15) is 0 Å². The lowest BCUT2D eigenvalue weighted by molar-refractivity contribution is -0.125. The van der Waals surface area contributed by atoms with Gasteiger partial charge in [0.15, 0.2) is 0 Å². The second kappa shape index (κ2) is 3.15. The van der Waals surface area contributed by atoms with Crippen molar-refractivity contribution in [2.24, 2.45) is 0 Å². The van der Waals surface area contributed by atoms with Crippen molar-refractivity contribution in [3.05, 3.63) is 0 Å². The molecule has 2 heterocycles. The highest BCUT2D eigenvalue weighted by atomic mass is 16.5. The molecule has 0 aromatic rings. The summed E-state index contributed by atoms with van der Waals surface area (Å²) in [5.74, 6) is 0.440. The zero-order chi connectivity index (χ0) is 8.55. The van der Waals surface area contributed by atoms with Crippen LogP contribution >= 0.6 is 0 Å². The van der Waals surface area contributed by atoms with Gasteiger partial charge < -0.3 is 4.74 Å². The van der Waals surface area contributed by atoms with Crippen LogP contribution < -0.4 is 0 Å². The lowest BCUT2D eigenvalue weighted by Gasteiger charge is -2.32. The smallest absolute Gasteiger partial charge is 0.136 e. The Morgan fingerprint density at radius 2 is 2.00 bits per heavy atom. The number of methoxy groups -OCH3 is 1. The lowest BCUT2D eigenvalue weighted by Crippen LogP contribution is -2.43. The zero-order valence-corrected chi connectivity index (χ0v) is 7.45. The molecule has 0 aromatic heterocycles. The summed E-state index contributed by atoms with van der Waals surface area (Å²) in [5.41, 5.74) is 0. The van der Waals surface area contributed by atoms with Gasteiger partial charge in [0.1, 0.15) is 5.78 Å². The third-order valence-electron chi connectivity index (χ3n) is 2.98. The van der Waals surface area contributed by atoms with Crippen molar-refractivity contribution in [2.75, 3.05) is 13.8 Å². The minimum atomic E-state index is 0.440. The van der Waals surface area contributed by atoms with Crippen molar-refractivity contribution in [1.29, 1.82) is 0 Å². The molecule has 3 nitrogen and oxygen atoms in total. The number of carbonyl (C=O) groups excluding carboxylic acids is 1. The molecule has 2 atom stereocenters. The van der Waals surface area contributed by atoms with Crippen molar-refractivity contribution in [3.8, 4) is 0 Å². The van der Waals surface area contributed by atoms with E-state index < -0.39 is 0 Å². The van der Waals surface area contributed by atoms with Crippen LogP contribution in [0.4, 0.5) is 0 Å². The van der Waals surface area contributed by atoms with E-state index in [1.165, 1.54) is 12.8 Å². The lowest BCUT2D eigenvalue weighted by atomic mass is 10.0. The Bertz CT molecular complexity index is 177. The number of hydrogen-bond acceptors (Lipinski definition) is 3. The summed E-state index contributed by atoms with van der Waals surface area (Å²) in [7, 11) is 1.72. The highest BCUT2D eigenvalue weighted by molar-refractivity contribution is 5.80. The molecule has 2 rings (SSSR count). The Labute approximate surface area is 72.7 Å². The van der Waals surface area contributed by atoms with E-state index >= 15 is 0 Å². The predicted octanol–water partition coefficient (Wildman–Crippen LogP) is 0.786. The van der Waals surface area contributed by atoms with Crippen LogP contribution in [0.1, 0.15) is 25.7 Å². The summed E-state index contributed by atoms with van der Waals surface area (Å²) < 4.78 is 5.11. The first-order chi connectivity index (χ1) is 5.81. The maximum absolute atomic E-state index is 11.2. The van der Waals surface area contributed by atoms with Crippen molar-refractivity contribution < 1.29 is 9.53 Å². The molecule has 0 radical (unpaired) electrons. The molecule has 2 saturated heterocycles. The Hall–Kier alpha value is -0.410. The number of fused-ring (bicyclic) bond motifs is 2. The van der Waals surface area contributed by atoms with Gasteiger partial charge in [0, 0.05) is 32.0 Å². The topological polar surface area (TPSA) is 29.5 Å². The number of piperidine rings is 1. The van der Waals surface area contributed by atoms with Gasteiger partial charge in [0.05, 0.1) is 6.73 Å². The number of hydrogen-bond donors (Lipinski definition) is 0. The maximum atomic E-state index is 11.2. The SMILES string of the molecule is COCN1C2CCC1CC(=O)C2. The quantitative estimate of drug-likeness (QED) is 0.612. The summed E-state index contributed by atoms with van der Waals surface area (Å²) in [4.78, 5) is 13.5. The van der Waals surface area contributed by atoms with Gasteiger partial charge in [-0.05, 0) is 12.8 Å². The van der Waals surface area contributed by atoms with E-state index in [9.17, 15) is 4.79 Å². The normalized spacial score (nSPS) is 35.9. The van der Waals surface area contributed by atoms with E-state index in [1.807, 2.05) is 0 Å². The van der Waals surface area contributed by atoms with E-state index in [0.717, 1.165) is 12.8 Å². The highest BCUT2D eigenvalue weighted by Crippen LogP contribution is 2.33. The zero-order valence-electron chi connectivity index (χ0n) is 7.45. The minimum Gasteiger partial charge on any atom is -0.369 e. The summed E-state index contributed by atoms with van der Waals surface area (Å²) in [6, 6.07) is 0.965. The number of nitrogens with zero attached hydrogens (tertiary/aromatic N) is 1. The molecule has 2 unspecified atom stereocenters. The molecule has 0 amide bonds. The number of ketones is 1. The Morgan fingerprint density at radius 1 is 1.42 bits per heavy atom. The fraction of sp³-hybridized carbons (Fsp3) is 0.889. The third-order valence-corrected chi connectivity index (χ3v) is 2.98. The molecule has 2 fully saturated rings. The van der Waals surface area contributed by atoms with E-state index in [1.54, 1.807) is 7.11 Å². The fourth-order valence-electron chi connectivity index (χ4n) is 2.42. The maximum Gasteiger partial charge on any atom is 0.136 e. The van der Waals surface area contributed by atoms with E-state index in [-0.39, 0.29) is 0 Å².